The SMILES string of the molecule is CC[N+](CCCS(=O)(=O)O)=c1cc2oc(/C=C/C=C3/N(CCCCCC(=O)O)c4ccc(S(=O)(=O)O)cc4C3(C)CCCS(=O)(=O)O)cc(C(C)(C)C)c-2cc1S(=O)(=O)NCCOC. The van der Waals surface area contributed by atoms with Crippen LogP contribution in [-0.4, -0.2) is 110 Å². The van der Waals surface area contributed by atoms with Crippen LogP contribution < -0.4 is 19.6 Å². The molecule has 0 saturated heterocycles. The number of ether oxygens (including phenoxy) is 1. The highest BCUT2D eigenvalue weighted by Gasteiger charge is 2.44. The van der Waals surface area contributed by atoms with Gasteiger partial charge >= 0.3 is 5.97 Å². The summed E-state index contributed by atoms with van der Waals surface area (Å²) >= 11 is 0. The number of sulfonamides is 1. The van der Waals surface area contributed by atoms with Gasteiger partial charge in [0.2, 0.25) is 15.4 Å². The van der Waals surface area contributed by atoms with Crippen molar-refractivity contribution >= 4 is 58.1 Å². The predicted octanol–water partition coefficient (Wildman–Crippen LogP) is 4.91. The van der Waals surface area contributed by atoms with E-state index in [1.807, 2.05) is 25.7 Å². The summed E-state index contributed by atoms with van der Waals surface area (Å²) in [6.45, 7) is 10.2. The van der Waals surface area contributed by atoms with E-state index in [0.29, 0.717) is 59.8 Å². The third-order valence-electron chi connectivity index (χ3n) is 11.0. The Morgan fingerprint density at radius 2 is 1.59 bits per heavy atom. The average Bonchev–Trinajstić information content (AvgIpc) is 3.39. The molecule has 18 nitrogen and oxygen atoms in total. The molecule has 0 bridgehead atoms. The number of anilines is 1. The highest BCUT2D eigenvalue weighted by Crippen LogP contribution is 2.51. The first kappa shape index (κ1) is 52.6. The molecular weight excluding hydrogens is 915 g/mol. The predicted molar refractivity (Wildman–Crippen MR) is 243 cm³/mol. The fraction of sp³-hybridized carbons (Fsp3) is 0.524. The molecule has 64 heavy (non-hydrogen) atoms. The number of benzene rings is 2. The second-order valence-corrected chi connectivity index (χ2v) is 23.2. The van der Waals surface area contributed by atoms with Gasteiger partial charge in [-0.25, -0.2) is 17.7 Å². The van der Waals surface area contributed by atoms with Gasteiger partial charge in [0.05, 0.1) is 29.1 Å². The maximum absolute atomic E-state index is 13.9. The van der Waals surface area contributed by atoms with Crippen LogP contribution in [0.4, 0.5) is 5.69 Å². The second-order valence-electron chi connectivity index (χ2n) is 16.9. The molecule has 1 aromatic rings. The minimum Gasteiger partial charge on any atom is -0.481 e. The summed E-state index contributed by atoms with van der Waals surface area (Å²) in [5.41, 5.74) is 1.30. The number of hydrogen-bond acceptors (Lipinski definition) is 12. The normalized spacial score (nSPS) is 17.5. The fourth-order valence-corrected chi connectivity index (χ4v) is 10.6. The molecule has 4 rings (SSSR count). The second kappa shape index (κ2) is 21.1. The Balaban J connectivity index is 1.96. The van der Waals surface area contributed by atoms with Crippen LogP contribution in [0.1, 0.15) is 96.5 Å². The van der Waals surface area contributed by atoms with Crippen LogP contribution in [-0.2, 0) is 60.7 Å². The molecule has 2 heterocycles. The molecule has 0 radical (unpaired) electrons. The van der Waals surface area contributed by atoms with E-state index in [1.54, 1.807) is 54.9 Å². The van der Waals surface area contributed by atoms with Crippen molar-refractivity contribution in [3.63, 3.8) is 0 Å². The molecule has 1 aromatic carbocycles. The van der Waals surface area contributed by atoms with E-state index >= 15 is 0 Å². The van der Waals surface area contributed by atoms with Gasteiger partial charge < -0.3 is 19.2 Å². The van der Waals surface area contributed by atoms with Crippen molar-refractivity contribution in [1.29, 1.82) is 0 Å². The van der Waals surface area contributed by atoms with Gasteiger partial charge in [0, 0.05) is 55.4 Å². The van der Waals surface area contributed by atoms with E-state index in [2.05, 4.69) is 4.72 Å². The number of allylic oxidation sites excluding steroid dienone is 3. The maximum atomic E-state index is 13.9. The molecule has 0 spiro atoms. The third kappa shape index (κ3) is 14.0. The first-order chi connectivity index (χ1) is 29.6. The first-order valence-electron chi connectivity index (χ1n) is 20.7. The van der Waals surface area contributed by atoms with E-state index < -0.39 is 68.7 Å². The number of hydrogen-bond donors (Lipinski definition) is 5. The zero-order valence-electron chi connectivity index (χ0n) is 36.9. The van der Waals surface area contributed by atoms with Crippen molar-refractivity contribution in [3.8, 4) is 11.3 Å². The molecule has 2 aliphatic heterocycles. The molecular formula is C42H60N3O15S4+. The van der Waals surface area contributed by atoms with Crippen LogP contribution in [0.3, 0.4) is 0 Å². The summed E-state index contributed by atoms with van der Waals surface area (Å²) in [4.78, 5) is 12.7. The molecule has 5 N–H and O–H groups in total. The molecule has 0 aromatic heterocycles. The van der Waals surface area contributed by atoms with Crippen molar-refractivity contribution in [2.75, 3.05) is 56.3 Å². The minimum atomic E-state index is -4.65. The zero-order chi connectivity index (χ0) is 47.9. The number of nitrogens with zero attached hydrogens (tertiary/aromatic N) is 2. The van der Waals surface area contributed by atoms with Crippen molar-refractivity contribution in [2.24, 2.45) is 0 Å². The number of nitrogens with one attached hydrogen (secondary N) is 1. The summed E-state index contributed by atoms with van der Waals surface area (Å²) in [6.07, 6.45) is 6.76. The number of rotatable bonds is 23. The average molecular weight is 975 g/mol. The van der Waals surface area contributed by atoms with Gasteiger partial charge in [-0.3, -0.25) is 18.5 Å². The molecule has 1 atom stereocenters. The van der Waals surface area contributed by atoms with Gasteiger partial charge in [0.15, 0.2) is 4.90 Å². The molecule has 356 valence electrons. The molecule has 0 saturated carbocycles. The van der Waals surface area contributed by atoms with Crippen molar-refractivity contribution in [1.82, 2.24) is 9.30 Å². The first-order valence-corrected chi connectivity index (χ1v) is 26.8. The smallest absolute Gasteiger partial charge is 0.303 e. The maximum Gasteiger partial charge on any atom is 0.303 e. The van der Waals surface area contributed by atoms with Gasteiger partial charge in [-0.05, 0) is 98.6 Å². The van der Waals surface area contributed by atoms with Gasteiger partial charge in [0.1, 0.15) is 24.6 Å². The van der Waals surface area contributed by atoms with Crippen LogP contribution >= 0.6 is 0 Å². The Kier molecular flexibility index (Phi) is 17.3. The van der Waals surface area contributed by atoms with E-state index in [4.69, 9.17) is 14.3 Å². The van der Waals surface area contributed by atoms with E-state index in [-0.39, 0.29) is 67.1 Å². The topological polar surface area (TPSA) is 275 Å². The Morgan fingerprint density at radius 1 is 0.922 bits per heavy atom. The number of carboxylic acids is 1. The van der Waals surface area contributed by atoms with Gasteiger partial charge in [0.25, 0.3) is 30.4 Å². The van der Waals surface area contributed by atoms with Gasteiger partial charge in [-0.2, -0.15) is 25.3 Å². The summed E-state index contributed by atoms with van der Waals surface area (Å²) in [7, 11) is -16.0. The van der Waals surface area contributed by atoms with E-state index in [9.17, 15) is 52.1 Å². The molecule has 1 unspecified atom stereocenters. The summed E-state index contributed by atoms with van der Waals surface area (Å²) in [6, 6.07) is 9.05. The van der Waals surface area contributed by atoms with E-state index in [1.165, 1.54) is 25.3 Å². The number of carboxylic acid groups (broad SMARTS) is 1. The molecule has 0 amide bonds. The minimum absolute atomic E-state index is 0.00178. The molecule has 0 fully saturated rings. The lowest BCUT2D eigenvalue weighted by atomic mass is 9.77. The van der Waals surface area contributed by atoms with Crippen molar-refractivity contribution < 1.29 is 66.4 Å². The zero-order valence-corrected chi connectivity index (χ0v) is 40.2. The summed E-state index contributed by atoms with van der Waals surface area (Å²) < 4.78 is 144. The Morgan fingerprint density at radius 3 is 2.19 bits per heavy atom. The summed E-state index contributed by atoms with van der Waals surface area (Å²) in [5.74, 6) is -1.37. The summed E-state index contributed by atoms with van der Waals surface area (Å²) in [5, 5.41) is 9.40. The lowest BCUT2D eigenvalue weighted by Crippen LogP contribution is -2.39. The lowest BCUT2D eigenvalue weighted by Gasteiger charge is -2.30. The monoisotopic (exact) mass is 974 g/mol. The van der Waals surface area contributed by atoms with E-state index in [0.717, 1.165) is 5.56 Å². The standard InChI is InChI=1S/C42H59N3O15S4/c1-7-44(21-13-25-62(51,52)53)36-29-37-32(28-38(36)63(54,55)43-20-23-59-6)33(41(2,3)4)26-30(60-37)14-11-15-39-42(5,19-12-24-61(48,49)50)34-27-31(64(56,57)58)17-18-35(34)45(39)22-10-8-9-16-40(46)47/h11,14-15,17-18,26-29,43H,7-10,12-13,16,19-25H2,1-6H3,(H3-,46,47,48,49,50,51,52,53,56,57,58)/p+1. The van der Waals surface area contributed by atoms with Crippen LogP contribution in [0, 0.1) is 0 Å². The van der Waals surface area contributed by atoms with Gasteiger partial charge in [-0.1, -0.05) is 33.3 Å². The highest BCUT2D eigenvalue weighted by atomic mass is 32.2. The number of fused-ring (bicyclic) bond motifs is 2. The molecule has 3 aliphatic rings. The Bertz CT molecular complexity index is 2740. The molecule has 1 aliphatic carbocycles. The van der Waals surface area contributed by atoms with Crippen LogP contribution in [0.5, 0.6) is 0 Å². The Labute approximate surface area is 376 Å². The van der Waals surface area contributed by atoms with Crippen LogP contribution in [0.15, 0.2) is 68.5 Å². The highest BCUT2D eigenvalue weighted by molar-refractivity contribution is 7.89. The lowest BCUT2D eigenvalue weighted by molar-refractivity contribution is -0.137. The molecule has 22 heteroatoms. The quantitative estimate of drug-likeness (QED) is 0.0480. The number of methoxy groups -OCH3 is 1. The number of unbranched alkanes of at least 4 members (excludes halogenated alkanes) is 2. The number of aliphatic carboxylic acids is 1. The van der Waals surface area contributed by atoms with Crippen molar-refractivity contribution in [2.45, 2.75) is 100 Å². The van der Waals surface area contributed by atoms with Crippen LogP contribution in [0.25, 0.3) is 17.4 Å². The number of carbonyl (C=O) groups is 1. The largest absolute Gasteiger partial charge is 0.481 e. The van der Waals surface area contributed by atoms with Gasteiger partial charge in [-0.15, -0.1) is 0 Å². The fourth-order valence-electron chi connectivity index (χ4n) is 7.89. The van der Waals surface area contributed by atoms with Crippen LogP contribution in [0.2, 0.25) is 0 Å². The third-order valence-corrected chi connectivity index (χ3v) is 14.9. The Hall–Kier alpha value is -4.00. The van der Waals surface area contributed by atoms with Crippen molar-refractivity contribution in [3.05, 3.63) is 76.5 Å².